The van der Waals surface area contributed by atoms with Crippen LogP contribution in [0.25, 0.3) is 10.8 Å². The molecule has 1 saturated heterocycles. The van der Waals surface area contributed by atoms with Crippen LogP contribution in [0.4, 0.5) is 0 Å². The first-order valence-electron chi connectivity index (χ1n) is 13.0. The molecule has 5 rings (SSSR count). The zero-order chi connectivity index (χ0) is 24.6. The Kier molecular flexibility index (Phi) is 8.29. The van der Waals surface area contributed by atoms with Crippen molar-refractivity contribution >= 4 is 10.8 Å². The number of nitrogens with one attached hydrogen (secondary N) is 1. The van der Waals surface area contributed by atoms with E-state index in [2.05, 4.69) is 84.2 Å². The first-order chi connectivity index (χ1) is 17.8. The van der Waals surface area contributed by atoms with Crippen LogP contribution in [-0.4, -0.2) is 37.5 Å². The number of piperidine rings is 1. The molecule has 1 aliphatic heterocycles. The third-order valence-corrected chi connectivity index (χ3v) is 7.24. The molecule has 36 heavy (non-hydrogen) atoms. The average Bonchev–Trinajstić information content (AvgIpc) is 2.95. The highest BCUT2D eigenvalue weighted by Gasteiger charge is 2.27. The molecule has 3 unspecified atom stereocenters. The van der Waals surface area contributed by atoms with E-state index in [4.69, 9.17) is 9.47 Å². The van der Waals surface area contributed by atoms with Crippen molar-refractivity contribution in [2.45, 2.75) is 37.4 Å². The van der Waals surface area contributed by atoms with Gasteiger partial charge in [-0.05, 0) is 65.0 Å². The molecule has 0 spiro atoms. The Morgan fingerprint density at radius 1 is 0.861 bits per heavy atom. The van der Waals surface area contributed by atoms with Crippen molar-refractivity contribution in [1.29, 1.82) is 0 Å². The van der Waals surface area contributed by atoms with E-state index in [1.54, 1.807) is 0 Å². The summed E-state index contributed by atoms with van der Waals surface area (Å²) in [4.78, 5) is 0. The van der Waals surface area contributed by atoms with Crippen molar-refractivity contribution in [3.63, 3.8) is 0 Å². The van der Waals surface area contributed by atoms with Crippen molar-refractivity contribution in [2.75, 3.05) is 26.3 Å². The molecular weight excluding hydrogens is 446 g/mol. The van der Waals surface area contributed by atoms with Crippen LogP contribution >= 0.6 is 0 Å². The van der Waals surface area contributed by atoms with Gasteiger partial charge in [-0.25, -0.2) is 0 Å². The third kappa shape index (κ3) is 6.14. The highest BCUT2D eigenvalue weighted by atomic mass is 16.5. The Morgan fingerprint density at radius 3 is 2.44 bits per heavy atom. The van der Waals surface area contributed by atoms with E-state index in [1.165, 1.54) is 21.9 Å². The van der Waals surface area contributed by atoms with Crippen LogP contribution in [0.2, 0.25) is 0 Å². The van der Waals surface area contributed by atoms with Gasteiger partial charge in [0.05, 0.1) is 25.9 Å². The van der Waals surface area contributed by atoms with Gasteiger partial charge in [-0.1, -0.05) is 78.9 Å². The first-order valence-corrected chi connectivity index (χ1v) is 13.0. The van der Waals surface area contributed by atoms with Gasteiger partial charge in [0, 0.05) is 18.4 Å². The van der Waals surface area contributed by atoms with Gasteiger partial charge < -0.3 is 19.9 Å². The van der Waals surface area contributed by atoms with Gasteiger partial charge in [0.1, 0.15) is 5.75 Å². The minimum atomic E-state index is 0.0979. The molecule has 4 aromatic carbocycles. The molecule has 0 saturated carbocycles. The Labute approximate surface area is 213 Å². The molecule has 1 aliphatic rings. The van der Waals surface area contributed by atoms with Crippen LogP contribution in [0.15, 0.2) is 97.1 Å². The van der Waals surface area contributed by atoms with Crippen LogP contribution in [0.3, 0.4) is 0 Å². The summed E-state index contributed by atoms with van der Waals surface area (Å²) in [6.45, 7) is 3.18. The average molecular weight is 482 g/mol. The maximum Gasteiger partial charge on any atom is 0.119 e. The predicted molar refractivity (Wildman–Crippen MR) is 146 cm³/mol. The summed E-state index contributed by atoms with van der Waals surface area (Å²) < 4.78 is 12.5. The highest BCUT2D eigenvalue weighted by molar-refractivity contribution is 5.82. The van der Waals surface area contributed by atoms with Gasteiger partial charge in [0.25, 0.3) is 0 Å². The molecule has 1 fully saturated rings. The summed E-state index contributed by atoms with van der Waals surface area (Å²) >= 11 is 0. The highest BCUT2D eigenvalue weighted by Crippen LogP contribution is 2.30. The van der Waals surface area contributed by atoms with Crippen molar-refractivity contribution in [3.05, 3.63) is 114 Å². The van der Waals surface area contributed by atoms with Gasteiger partial charge in [0.15, 0.2) is 0 Å². The molecule has 0 aromatic heterocycles. The number of aliphatic hydroxyl groups is 1. The Morgan fingerprint density at radius 2 is 1.64 bits per heavy atom. The number of aliphatic hydroxyl groups excluding tert-OH is 1. The third-order valence-electron chi connectivity index (χ3n) is 7.24. The van der Waals surface area contributed by atoms with E-state index in [1.807, 2.05) is 18.2 Å². The summed E-state index contributed by atoms with van der Waals surface area (Å²) in [5.74, 6) is 1.32. The Hall–Kier alpha value is -3.18. The van der Waals surface area contributed by atoms with Crippen molar-refractivity contribution < 1.29 is 14.6 Å². The van der Waals surface area contributed by atoms with Gasteiger partial charge in [-0.15, -0.1) is 0 Å². The SMILES string of the molecule is OCC(CCOc1ccc(C2CCNCC2OCc2ccc3ccccc3c2)cc1)c1ccccc1. The summed E-state index contributed by atoms with van der Waals surface area (Å²) in [7, 11) is 0. The number of rotatable bonds is 10. The molecule has 4 nitrogen and oxygen atoms in total. The van der Waals surface area contributed by atoms with Gasteiger partial charge in [0.2, 0.25) is 0 Å². The van der Waals surface area contributed by atoms with E-state index in [9.17, 15) is 5.11 Å². The summed E-state index contributed by atoms with van der Waals surface area (Å²) in [6, 6.07) is 33.6. The lowest BCUT2D eigenvalue weighted by molar-refractivity contribution is 0.0106. The minimum absolute atomic E-state index is 0.0979. The second kappa shape index (κ2) is 12.2. The minimum Gasteiger partial charge on any atom is -0.494 e. The number of hydrogen-bond acceptors (Lipinski definition) is 4. The van der Waals surface area contributed by atoms with Gasteiger partial charge >= 0.3 is 0 Å². The lowest BCUT2D eigenvalue weighted by Crippen LogP contribution is -2.40. The molecular formula is C32H35NO3. The van der Waals surface area contributed by atoms with Crippen molar-refractivity contribution in [2.24, 2.45) is 0 Å². The molecule has 1 heterocycles. The van der Waals surface area contributed by atoms with E-state index in [0.29, 0.717) is 19.1 Å². The van der Waals surface area contributed by atoms with Crippen molar-refractivity contribution in [1.82, 2.24) is 5.32 Å². The van der Waals surface area contributed by atoms with Crippen LogP contribution in [0.1, 0.15) is 41.4 Å². The molecule has 186 valence electrons. The molecule has 3 atom stereocenters. The van der Waals surface area contributed by atoms with Crippen molar-refractivity contribution in [3.8, 4) is 5.75 Å². The van der Waals surface area contributed by atoms with E-state index >= 15 is 0 Å². The standard InChI is InChI=1S/C32H35NO3/c34-22-29(25-6-2-1-3-7-25)17-19-35-30-14-12-27(13-15-30)31-16-18-33-21-32(31)36-23-24-10-11-26-8-4-5-9-28(26)20-24/h1-15,20,29,31-34H,16-19,21-23H2. The topological polar surface area (TPSA) is 50.7 Å². The molecule has 0 radical (unpaired) electrons. The number of fused-ring (bicyclic) bond motifs is 1. The number of ether oxygens (including phenoxy) is 2. The molecule has 0 bridgehead atoms. The van der Waals surface area contributed by atoms with E-state index in [0.717, 1.165) is 37.2 Å². The largest absolute Gasteiger partial charge is 0.494 e. The quantitative estimate of drug-likeness (QED) is 0.290. The fourth-order valence-corrected chi connectivity index (χ4v) is 5.14. The predicted octanol–water partition coefficient (Wildman–Crippen LogP) is 6.05. The van der Waals surface area contributed by atoms with E-state index in [-0.39, 0.29) is 18.6 Å². The maximum atomic E-state index is 9.77. The molecule has 4 heteroatoms. The zero-order valence-corrected chi connectivity index (χ0v) is 20.7. The smallest absolute Gasteiger partial charge is 0.119 e. The molecule has 4 aromatic rings. The van der Waals surface area contributed by atoms with Crippen LogP contribution in [0.5, 0.6) is 5.75 Å². The fourth-order valence-electron chi connectivity index (χ4n) is 5.14. The molecule has 0 aliphatic carbocycles. The zero-order valence-electron chi connectivity index (χ0n) is 20.7. The second-order valence-electron chi connectivity index (χ2n) is 9.63. The normalized spacial score (nSPS) is 18.7. The van der Waals surface area contributed by atoms with Crippen LogP contribution < -0.4 is 10.1 Å². The maximum absolute atomic E-state index is 9.77. The Balaban J connectivity index is 1.16. The van der Waals surface area contributed by atoms with Gasteiger partial charge in [-0.3, -0.25) is 0 Å². The molecule has 0 amide bonds. The lowest BCUT2D eigenvalue weighted by Gasteiger charge is -2.32. The molecule has 2 N–H and O–H groups in total. The summed E-state index contributed by atoms with van der Waals surface area (Å²) in [6.07, 6.45) is 1.97. The van der Waals surface area contributed by atoms with Crippen LogP contribution in [0, 0.1) is 0 Å². The van der Waals surface area contributed by atoms with Crippen LogP contribution in [-0.2, 0) is 11.3 Å². The summed E-state index contributed by atoms with van der Waals surface area (Å²) in [5.41, 5.74) is 3.66. The number of benzene rings is 4. The fraction of sp³-hybridized carbons (Fsp3) is 0.312. The Bertz CT molecular complexity index is 1230. The second-order valence-corrected chi connectivity index (χ2v) is 9.63. The lowest BCUT2D eigenvalue weighted by atomic mass is 9.87. The number of hydrogen-bond donors (Lipinski definition) is 2. The monoisotopic (exact) mass is 481 g/mol. The van der Waals surface area contributed by atoms with E-state index < -0.39 is 0 Å². The van der Waals surface area contributed by atoms with Gasteiger partial charge in [-0.2, -0.15) is 0 Å². The summed E-state index contributed by atoms with van der Waals surface area (Å²) in [5, 5.41) is 15.8. The first kappa shape index (κ1) is 24.5.